The van der Waals surface area contributed by atoms with Gasteiger partial charge in [-0.05, 0) is 74.5 Å². The molecule has 2 aliphatic rings. The zero-order valence-electron chi connectivity index (χ0n) is 21.6. The van der Waals surface area contributed by atoms with Crippen LogP contribution in [-0.2, 0) is 17.1 Å². The molecule has 1 amide bonds. The predicted octanol–water partition coefficient (Wildman–Crippen LogP) is 6.31. The summed E-state index contributed by atoms with van der Waals surface area (Å²) in [5.74, 6) is 0.182. The van der Waals surface area contributed by atoms with Gasteiger partial charge < -0.3 is 15.1 Å². The maximum atomic E-state index is 13.2. The first-order valence-corrected chi connectivity index (χ1v) is 13.1. The molecule has 0 atom stereocenters. The van der Waals surface area contributed by atoms with Crippen LogP contribution in [-0.4, -0.2) is 59.4 Å². The zero-order chi connectivity index (χ0) is 29.1. The summed E-state index contributed by atoms with van der Waals surface area (Å²) in [7, 11) is 0. The molecule has 0 radical (unpaired) electrons. The van der Waals surface area contributed by atoms with Gasteiger partial charge in [0.05, 0.1) is 10.5 Å². The number of nitro groups is 1. The van der Waals surface area contributed by atoms with Gasteiger partial charge in [0.15, 0.2) is 0 Å². The van der Waals surface area contributed by atoms with E-state index in [9.17, 15) is 41.3 Å². The van der Waals surface area contributed by atoms with Gasteiger partial charge >= 0.3 is 12.4 Å². The minimum Gasteiger partial charge on any atom is -0.382 e. The van der Waals surface area contributed by atoms with Crippen molar-refractivity contribution in [2.24, 2.45) is 0 Å². The summed E-state index contributed by atoms with van der Waals surface area (Å²) < 4.78 is 78.1. The number of anilines is 1. The average Bonchev–Trinajstić information content (AvgIpc) is 2.91. The first-order valence-electron chi connectivity index (χ1n) is 13.1. The largest absolute Gasteiger partial charge is 0.423 e. The van der Waals surface area contributed by atoms with Crippen LogP contribution in [0.4, 0.5) is 37.7 Å². The van der Waals surface area contributed by atoms with Gasteiger partial charge in [-0.1, -0.05) is 12.1 Å². The minimum absolute atomic E-state index is 0.00185. The molecule has 0 unspecified atom stereocenters. The van der Waals surface area contributed by atoms with E-state index in [0.29, 0.717) is 38.9 Å². The van der Waals surface area contributed by atoms with E-state index in [4.69, 9.17) is 0 Å². The molecule has 0 saturated carbocycles. The van der Waals surface area contributed by atoms with E-state index in [1.54, 1.807) is 17.0 Å². The van der Waals surface area contributed by atoms with Gasteiger partial charge in [-0.25, -0.2) is 0 Å². The van der Waals surface area contributed by atoms with Gasteiger partial charge in [-0.2, -0.15) is 26.3 Å². The van der Waals surface area contributed by atoms with Crippen molar-refractivity contribution in [3.63, 3.8) is 0 Å². The van der Waals surface area contributed by atoms with Gasteiger partial charge in [-0.15, -0.1) is 0 Å². The lowest BCUT2D eigenvalue weighted by Crippen LogP contribution is -2.43. The SMILES string of the molecule is O=C(CCN1CCC(c2ccc(C(F)(F)F)cc2)CC1)N1CCC(Nc2ccc([N+](=O)[O-])c(C(F)(F)F)c2)CC1. The number of hydrogen-bond donors (Lipinski definition) is 1. The smallest absolute Gasteiger partial charge is 0.382 e. The number of rotatable bonds is 7. The Bertz CT molecular complexity index is 1190. The summed E-state index contributed by atoms with van der Waals surface area (Å²) in [5.41, 5.74) is -1.93. The maximum Gasteiger partial charge on any atom is 0.423 e. The van der Waals surface area contributed by atoms with E-state index >= 15 is 0 Å². The number of likely N-dealkylation sites (tertiary alicyclic amines) is 2. The van der Waals surface area contributed by atoms with Crippen LogP contribution in [0.3, 0.4) is 0 Å². The molecule has 2 aromatic carbocycles. The first kappa shape index (κ1) is 29.6. The molecule has 2 fully saturated rings. The summed E-state index contributed by atoms with van der Waals surface area (Å²) in [6.07, 6.45) is -6.21. The summed E-state index contributed by atoms with van der Waals surface area (Å²) in [4.78, 5) is 26.6. The monoisotopic (exact) mass is 572 g/mol. The second-order valence-corrected chi connectivity index (χ2v) is 10.3. The number of halogens is 6. The molecule has 40 heavy (non-hydrogen) atoms. The third-order valence-corrected chi connectivity index (χ3v) is 7.66. The fourth-order valence-electron chi connectivity index (χ4n) is 5.37. The number of nitro benzene ring substituents is 1. The van der Waals surface area contributed by atoms with Crippen molar-refractivity contribution in [2.75, 3.05) is 38.0 Å². The highest BCUT2D eigenvalue weighted by atomic mass is 19.4. The summed E-state index contributed by atoms with van der Waals surface area (Å²) in [5, 5.41) is 14.0. The standard InChI is InChI=1S/C27H30F6N4O3/c28-26(29,30)20-3-1-18(2-4-20)19-7-12-35(13-8-19)14-11-25(38)36-15-9-21(10-16-36)34-22-5-6-24(37(39)40)23(17-22)27(31,32)33/h1-6,17,19,21,34H,7-16H2. The number of carbonyl (C=O) groups excluding carboxylic acids is 1. The number of hydrogen-bond acceptors (Lipinski definition) is 5. The number of nitrogens with one attached hydrogen (secondary N) is 1. The van der Waals surface area contributed by atoms with Crippen molar-refractivity contribution < 1.29 is 36.1 Å². The van der Waals surface area contributed by atoms with Crippen LogP contribution in [0.1, 0.15) is 54.7 Å². The predicted molar refractivity (Wildman–Crippen MR) is 136 cm³/mol. The fraction of sp³-hybridized carbons (Fsp3) is 0.519. The normalized spacial score (nSPS) is 18.1. The molecule has 0 aliphatic carbocycles. The van der Waals surface area contributed by atoms with E-state index in [0.717, 1.165) is 55.8 Å². The summed E-state index contributed by atoms with van der Waals surface area (Å²) >= 11 is 0. The van der Waals surface area contributed by atoms with Crippen LogP contribution in [0, 0.1) is 10.1 Å². The second-order valence-electron chi connectivity index (χ2n) is 10.3. The molecule has 7 nitrogen and oxygen atoms in total. The van der Waals surface area contributed by atoms with Crippen molar-refractivity contribution >= 4 is 17.3 Å². The van der Waals surface area contributed by atoms with Crippen molar-refractivity contribution in [1.29, 1.82) is 0 Å². The van der Waals surface area contributed by atoms with Gasteiger partial charge in [0.25, 0.3) is 5.69 Å². The Morgan fingerprint density at radius 1 is 0.900 bits per heavy atom. The second kappa shape index (κ2) is 12.0. The van der Waals surface area contributed by atoms with Gasteiger partial charge in [0.2, 0.25) is 5.91 Å². The van der Waals surface area contributed by atoms with Crippen LogP contribution >= 0.6 is 0 Å². The number of benzene rings is 2. The van der Waals surface area contributed by atoms with Crippen molar-refractivity contribution in [3.8, 4) is 0 Å². The molecule has 1 N–H and O–H groups in total. The van der Waals surface area contributed by atoms with E-state index in [1.165, 1.54) is 6.07 Å². The van der Waals surface area contributed by atoms with E-state index in [-0.39, 0.29) is 23.6 Å². The third-order valence-electron chi connectivity index (χ3n) is 7.66. The van der Waals surface area contributed by atoms with Crippen molar-refractivity contribution in [1.82, 2.24) is 9.80 Å². The first-order chi connectivity index (χ1) is 18.8. The Labute approximate surface area is 227 Å². The van der Waals surface area contributed by atoms with Gasteiger partial charge in [0, 0.05) is 43.9 Å². The van der Waals surface area contributed by atoms with Crippen molar-refractivity contribution in [3.05, 3.63) is 69.3 Å². The molecular formula is C27H30F6N4O3. The Balaban J connectivity index is 1.19. The third kappa shape index (κ3) is 7.43. The Hall–Kier alpha value is -3.35. The number of alkyl halides is 6. The summed E-state index contributed by atoms with van der Waals surface area (Å²) in [6, 6.07) is 7.99. The molecular weight excluding hydrogens is 542 g/mol. The molecule has 0 bridgehead atoms. The highest BCUT2D eigenvalue weighted by molar-refractivity contribution is 5.76. The Morgan fingerprint density at radius 2 is 1.52 bits per heavy atom. The molecule has 2 aromatic rings. The quantitative estimate of drug-likeness (QED) is 0.239. The maximum absolute atomic E-state index is 13.2. The lowest BCUT2D eigenvalue weighted by molar-refractivity contribution is -0.388. The number of nitrogens with zero attached hydrogens (tertiary/aromatic N) is 3. The molecule has 4 rings (SSSR count). The fourth-order valence-corrected chi connectivity index (χ4v) is 5.37. The van der Waals surface area contributed by atoms with Crippen LogP contribution in [0.15, 0.2) is 42.5 Å². The number of carbonyl (C=O) groups is 1. The molecule has 0 spiro atoms. The molecule has 2 heterocycles. The lowest BCUT2D eigenvalue weighted by atomic mass is 9.89. The topological polar surface area (TPSA) is 78.7 Å². The number of piperidine rings is 2. The molecule has 0 aromatic heterocycles. The lowest BCUT2D eigenvalue weighted by Gasteiger charge is -2.35. The van der Waals surface area contributed by atoms with Crippen LogP contribution in [0.2, 0.25) is 0 Å². The van der Waals surface area contributed by atoms with E-state index < -0.39 is 34.1 Å². The van der Waals surface area contributed by atoms with E-state index in [1.807, 2.05) is 0 Å². The zero-order valence-corrected chi connectivity index (χ0v) is 21.6. The molecule has 2 aliphatic heterocycles. The highest BCUT2D eigenvalue weighted by Crippen LogP contribution is 2.38. The molecule has 218 valence electrons. The van der Waals surface area contributed by atoms with Crippen LogP contribution in [0.25, 0.3) is 0 Å². The van der Waals surface area contributed by atoms with Gasteiger partial charge in [0.1, 0.15) is 5.56 Å². The summed E-state index contributed by atoms with van der Waals surface area (Å²) in [6.45, 7) is 2.98. The average molecular weight is 573 g/mol. The minimum atomic E-state index is -4.85. The van der Waals surface area contributed by atoms with Crippen molar-refractivity contribution in [2.45, 2.75) is 56.4 Å². The highest BCUT2D eigenvalue weighted by Gasteiger charge is 2.38. The molecule has 2 saturated heterocycles. The van der Waals surface area contributed by atoms with Gasteiger partial charge in [-0.3, -0.25) is 14.9 Å². The Kier molecular flexibility index (Phi) is 8.91. The number of amides is 1. The van der Waals surface area contributed by atoms with Crippen LogP contribution in [0.5, 0.6) is 0 Å². The van der Waals surface area contributed by atoms with E-state index in [2.05, 4.69) is 10.2 Å². The Morgan fingerprint density at radius 3 is 2.08 bits per heavy atom. The molecule has 13 heteroatoms. The van der Waals surface area contributed by atoms with Crippen LogP contribution < -0.4 is 5.32 Å².